The molecule has 0 atom stereocenters. The van der Waals surface area contributed by atoms with Gasteiger partial charge in [-0.3, -0.25) is 0 Å². The van der Waals surface area contributed by atoms with Crippen molar-refractivity contribution in [2.45, 2.75) is 31.1 Å². The predicted molar refractivity (Wildman–Crippen MR) is 82.2 cm³/mol. The maximum absolute atomic E-state index is 5.38. The van der Waals surface area contributed by atoms with E-state index in [2.05, 4.69) is 45.0 Å². The molecule has 0 aliphatic carbocycles. The largest absolute Gasteiger partial charge is 0.370 e. The molecule has 2 rings (SSSR count). The molecule has 1 fully saturated rings. The molecule has 0 saturated carbocycles. The fourth-order valence-electron chi connectivity index (χ4n) is 2.27. The third-order valence-electron chi connectivity index (χ3n) is 3.64. The molecule has 1 aromatic rings. The number of hydrogen-bond acceptors (Lipinski definition) is 2. The normalized spacial score (nSPS) is 17.6. The molecular formula is C16H26NOS+. The molecule has 1 heterocycles. The van der Waals surface area contributed by atoms with Gasteiger partial charge in [0.05, 0.1) is 19.8 Å². The number of nitrogens with one attached hydrogen (secondary N) is 1. The first kappa shape index (κ1) is 14.9. The second-order valence-corrected chi connectivity index (χ2v) is 7.40. The van der Waals surface area contributed by atoms with Gasteiger partial charge in [-0.05, 0) is 23.1 Å². The van der Waals surface area contributed by atoms with Crippen molar-refractivity contribution in [2.24, 2.45) is 0 Å². The van der Waals surface area contributed by atoms with Crippen molar-refractivity contribution in [1.29, 1.82) is 0 Å². The van der Waals surface area contributed by atoms with E-state index in [0.29, 0.717) is 0 Å². The molecule has 2 nitrogen and oxygen atoms in total. The second kappa shape index (κ2) is 6.78. The molecular weight excluding hydrogens is 254 g/mol. The molecule has 0 radical (unpaired) electrons. The van der Waals surface area contributed by atoms with E-state index in [4.69, 9.17) is 4.74 Å². The molecule has 0 bridgehead atoms. The van der Waals surface area contributed by atoms with Crippen LogP contribution in [0.3, 0.4) is 0 Å². The summed E-state index contributed by atoms with van der Waals surface area (Å²) in [5.74, 6) is 1.20. The smallest absolute Gasteiger partial charge is 0.101 e. The highest BCUT2D eigenvalue weighted by Gasteiger charge is 2.14. The summed E-state index contributed by atoms with van der Waals surface area (Å²) in [4.78, 5) is 3.07. The first-order chi connectivity index (χ1) is 9.05. The molecule has 0 amide bonds. The van der Waals surface area contributed by atoms with Crippen molar-refractivity contribution < 1.29 is 9.64 Å². The summed E-state index contributed by atoms with van der Waals surface area (Å²) in [6, 6.07) is 9.06. The zero-order valence-electron chi connectivity index (χ0n) is 12.4. The van der Waals surface area contributed by atoms with Gasteiger partial charge >= 0.3 is 0 Å². The van der Waals surface area contributed by atoms with Crippen LogP contribution in [0.5, 0.6) is 0 Å². The highest BCUT2D eigenvalue weighted by Crippen LogP contribution is 2.25. The zero-order valence-corrected chi connectivity index (χ0v) is 13.2. The van der Waals surface area contributed by atoms with E-state index < -0.39 is 0 Å². The van der Waals surface area contributed by atoms with E-state index in [1.54, 1.807) is 4.90 Å². The van der Waals surface area contributed by atoms with Gasteiger partial charge in [0.2, 0.25) is 0 Å². The molecule has 0 unspecified atom stereocenters. The number of morpholine rings is 1. The minimum atomic E-state index is 0.251. The zero-order chi connectivity index (χ0) is 13.7. The van der Waals surface area contributed by atoms with Gasteiger partial charge < -0.3 is 9.64 Å². The van der Waals surface area contributed by atoms with Crippen molar-refractivity contribution in [3.8, 4) is 0 Å². The molecule has 3 heteroatoms. The second-order valence-electron chi connectivity index (χ2n) is 6.24. The van der Waals surface area contributed by atoms with Crippen molar-refractivity contribution in [3.05, 3.63) is 29.8 Å². The minimum absolute atomic E-state index is 0.251. The van der Waals surface area contributed by atoms with Crippen molar-refractivity contribution >= 4 is 11.8 Å². The van der Waals surface area contributed by atoms with Crippen LogP contribution in [-0.2, 0) is 10.2 Å². The highest BCUT2D eigenvalue weighted by atomic mass is 32.2. The Labute approximate surface area is 121 Å². The number of hydrogen-bond donors (Lipinski definition) is 1. The van der Waals surface area contributed by atoms with Crippen molar-refractivity contribution in [3.63, 3.8) is 0 Å². The summed E-state index contributed by atoms with van der Waals surface area (Å²) in [7, 11) is 0. The first-order valence-corrected chi connectivity index (χ1v) is 8.19. The van der Waals surface area contributed by atoms with Crippen LogP contribution in [0.1, 0.15) is 26.3 Å². The Morgan fingerprint density at radius 3 is 2.32 bits per heavy atom. The van der Waals surface area contributed by atoms with Crippen LogP contribution in [0.15, 0.2) is 29.2 Å². The van der Waals surface area contributed by atoms with E-state index in [1.807, 2.05) is 11.8 Å². The quantitative estimate of drug-likeness (QED) is 0.848. The summed E-state index contributed by atoms with van der Waals surface area (Å²) in [6.07, 6.45) is 0. The fraction of sp³-hybridized carbons (Fsp3) is 0.625. The number of thioether (sulfide) groups is 1. The fourth-order valence-corrected chi connectivity index (χ4v) is 3.23. The van der Waals surface area contributed by atoms with E-state index in [0.717, 1.165) is 13.2 Å². The summed E-state index contributed by atoms with van der Waals surface area (Å²) in [5, 5.41) is 0. The summed E-state index contributed by atoms with van der Waals surface area (Å²) >= 11 is 1.97. The van der Waals surface area contributed by atoms with Gasteiger partial charge in [-0.15, -0.1) is 11.8 Å². The lowest BCUT2D eigenvalue weighted by Gasteiger charge is -2.23. The molecule has 1 aliphatic rings. The van der Waals surface area contributed by atoms with Gasteiger partial charge in [0.15, 0.2) is 0 Å². The van der Waals surface area contributed by atoms with Crippen LogP contribution in [-0.4, -0.2) is 38.6 Å². The van der Waals surface area contributed by atoms with E-state index in [9.17, 15) is 0 Å². The molecule has 106 valence electrons. The molecule has 1 aromatic carbocycles. The van der Waals surface area contributed by atoms with Gasteiger partial charge in [0.1, 0.15) is 13.1 Å². The Hall–Kier alpha value is -0.510. The van der Waals surface area contributed by atoms with E-state index >= 15 is 0 Å². The van der Waals surface area contributed by atoms with Crippen LogP contribution < -0.4 is 4.90 Å². The molecule has 1 aliphatic heterocycles. The van der Waals surface area contributed by atoms with Gasteiger partial charge in [-0.1, -0.05) is 32.9 Å². The van der Waals surface area contributed by atoms with Crippen molar-refractivity contribution in [1.82, 2.24) is 0 Å². The Morgan fingerprint density at radius 2 is 1.74 bits per heavy atom. The van der Waals surface area contributed by atoms with E-state index in [1.165, 1.54) is 35.8 Å². The molecule has 0 spiro atoms. The van der Waals surface area contributed by atoms with Gasteiger partial charge in [-0.25, -0.2) is 0 Å². The first-order valence-electron chi connectivity index (χ1n) is 7.20. The summed E-state index contributed by atoms with van der Waals surface area (Å²) in [5.41, 5.74) is 1.66. The third kappa shape index (κ3) is 4.83. The van der Waals surface area contributed by atoms with Crippen LogP contribution in [0.2, 0.25) is 0 Å². The number of quaternary nitrogens is 1. The number of rotatable bonds is 4. The molecule has 0 aromatic heterocycles. The molecule has 1 N–H and O–H groups in total. The Bertz CT molecular complexity index is 377. The standard InChI is InChI=1S/C16H25NOS/c1-16(2,3)14-4-6-15(7-5-14)19-13-10-17-8-11-18-12-9-17/h4-7H,8-13H2,1-3H3/p+1. The van der Waals surface area contributed by atoms with Crippen LogP contribution in [0, 0.1) is 0 Å². The predicted octanol–water partition coefficient (Wildman–Crippen LogP) is 1.99. The molecule has 1 saturated heterocycles. The summed E-state index contributed by atoms with van der Waals surface area (Å²) < 4.78 is 5.38. The lowest BCUT2D eigenvalue weighted by molar-refractivity contribution is -0.905. The maximum Gasteiger partial charge on any atom is 0.101 e. The highest BCUT2D eigenvalue weighted by molar-refractivity contribution is 7.99. The summed E-state index contributed by atoms with van der Waals surface area (Å²) in [6.45, 7) is 12.2. The average Bonchev–Trinajstić information content (AvgIpc) is 2.39. The van der Waals surface area contributed by atoms with Crippen LogP contribution >= 0.6 is 11.8 Å². The average molecular weight is 280 g/mol. The Morgan fingerprint density at radius 1 is 1.11 bits per heavy atom. The third-order valence-corrected chi connectivity index (χ3v) is 4.66. The van der Waals surface area contributed by atoms with Crippen LogP contribution in [0.25, 0.3) is 0 Å². The Kier molecular flexibility index (Phi) is 5.31. The van der Waals surface area contributed by atoms with E-state index in [-0.39, 0.29) is 5.41 Å². The molecule has 19 heavy (non-hydrogen) atoms. The minimum Gasteiger partial charge on any atom is -0.370 e. The monoisotopic (exact) mass is 280 g/mol. The maximum atomic E-state index is 5.38. The Balaban J connectivity index is 1.76. The van der Waals surface area contributed by atoms with Gasteiger partial charge in [-0.2, -0.15) is 0 Å². The topological polar surface area (TPSA) is 13.7 Å². The lowest BCUT2D eigenvalue weighted by atomic mass is 9.87. The number of benzene rings is 1. The van der Waals surface area contributed by atoms with Crippen LogP contribution in [0.4, 0.5) is 0 Å². The number of ether oxygens (including phenoxy) is 1. The SMILES string of the molecule is CC(C)(C)c1ccc(SCC[NH+]2CCOCC2)cc1. The van der Waals surface area contributed by atoms with Crippen molar-refractivity contribution in [2.75, 3.05) is 38.6 Å². The van der Waals surface area contributed by atoms with Gasteiger partial charge in [0.25, 0.3) is 0 Å². The lowest BCUT2D eigenvalue weighted by Crippen LogP contribution is -3.14. The van der Waals surface area contributed by atoms with Gasteiger partial charge in [0, 0.05) is 10.6 Å².